The third-order valence-corrected chi connectivity index (χ3v) is 5.42. The molecule has 0 unspecified atom stereocenters. The largest absolute Gasteiger partial charge is 0.339 e. The van der Waals surface area contributed by atoms with Crippen molar-refractivity contribution in [3.05, 3.63) is 89.9 Å². The van der Waals surface area contributed by atoms with Crippen molar-refractivity contribution < 1.29 is 9.18 Å². The molecule has 0 spiro atoms. The summed E-state index contributed by atoms with van der Waals surface area (Å²) < 4.78 is 13.4. The van der Waals surface area contributed by atoms with Gasteiger partial charge in [0.05, 0.1) is 11.3 Å². The Morgan fingerprint density at radius 2 is 1.82 bits per heavy atom. The molecule has 1 aliphatic rings. The van der Waals surface area contributed by atoms with Crippen molar-refractivity contribution in [2.24, 2.45) is 0 Å². The molecule has 2 aromatic carbocycles. The Bertz CT molecular complexity index is 940. The predicted molar refractivity (Wildman–Crippen MR) is 109 cm³/mol. The smallest absolute Gasteiger partial charge is 0.255 e. The molecule has 0 aliphatic carbocycles. The maximum atomic E-state index is 13.4. The summed E-state index contributed by atoms with van der Waals surface area (Å²) in [5, 5.41) is 0. The zero-order valence-electron chi connectivity index (χ0n) is 15.7. The van der Waals surface area contributed by atoms with Gasteiger partial charge in [0.1, 0.15) is 5.82 Å². The fraction of sp³-hybridized carbons (Fsp3) is 0.250. The van der Waals surface area contributed by atoms with Gasteiger partial charge in [-0.2, -0.15) is 0 Å². The third kappa shape index (κ3) is 4.11. The van der Waals surface area contributed by atoms with E-state index in [-0.39, 0.29) is 11.7 Å². The quantitative estimate of drug-likeness (QED) is 0.623. The number of pyridine rings is 1. The Morgan fingerprint density at radius 3 is 2.57 bits per heavy atom. The van der Waals surface area contributed by atoms with Crippen LogP contribution in [0.25, 0.3) is 11.3 Å². The summed E-state index contributed by atoms with van der Waals surface area (Å²) in [5.41, 5.74) is 3.31. The van der Waals surface area contributed by atoms with Gasteiger partial charge in [-0.3, -0.25) is 9.78 Å². The number of hydrogen-bond donors (Lipinski definition) is 0. The van der Waals surface area contributed by atoms with Crippen molar-refractivity contribution in [2.75, 3.05) is 13.1 Å². The van der Waals surface area contributed by atoms with Gasteiger partial charge in [0.2, 0.25) is 0 Å². The summed E-state index contributed by atoms with van der Waals surface area (Å²) in [4.78, 5) is 19.2. The van der Waals surface area contributed by atoms with Crippen molar-refractivity contribution in [1.29, 1.82) is 0 Å². The highest BCUT2D eigenvalue weighted by atomic mass is 19.1. The fourth-order valence-corrected chi connectivity index (χ4v) is 3.88. The lowest BCUT2D eigenvalue weighted by atomic mass is 9.92. The summed E-state index contributed by atoms with van der Waals surface area (Å²) in [6, 6.07) is 20.4. The number of aromatic nitrogens is 1. The average molecular weight is 374 g/mol. The molecule has 1 aromatic heterocycles. The minimum atomic E-state index is -0.294. The molecule has 142 valence electrons. The Hall–Kier alpha value is -3.01. The Morgan fingerprint density at radius 1 is 0.964 bits per heavy atom. The van der Waals surface area contributed by atoms with Gasteiger partial charge < -0.3 is 4.90 Å². The highest BCUT2D eigenvalue weighted by molar-refractivity contribution is 5.94. The molecule has 2 heterocycles. The molecule has 1 atom stereocenters. The monoisotopic (exact) mass is 374 g/mol. The van der Waals surface area contributed by atoms with E-state index >= 15 is 0 Å². The number of carbonyl (C=O) groups is 1. The normalized spacial score (nSPS) is 17.2. The van der Waals surface area contributed by atoms with Crippen LogP contribution in [-0.4, -0.2) is 28.9 Å². The molecular formula is C24H23FN2O. The lowest BCUT2D eigenvalue weighted by molar-refractivity contribution is 0.0760. The van der Waals surface area contributed by atoms with E-state index in [0.29, 0.717) is 22.7 Å². The van der Waals surface area contributed by atoms with Crippen LogP contribution in [0.1, 0.15) is 41.1 Å². The molecule has 0 bridgehead atoms. The van der Waals surface area contributed by atoms with Gasteiger partial charge in [-0.05, 0) is 55.0 Å². The number of hydrogen-bond acceptors (Lipinski definition) is 2. The Balaban J connectivity index is 1.44. The summed E-state index contributed by atoms with van der Waals surface area (Å²) in [5.74, 6) is 0.233. The van der Waals surface area contributed by atoms with Crippen LogP contribution >= 0.6 is 0 Å². The molecule has 28 heavy (non-hydrogen) atoms. The molecule has 4 rings (SSSR count). The molecule has 0 N–H and O–H groups in total. The number of benzene rings is 2. The first-order valence-corrected chi connectivity index (χ1v) is 9.77. The molecule has 0 saturated carbocycles. The van der Waals surface area contributed by atoms with Crippen molar-refractivity contribution in [3.63, 3.8) is 0 Å². The van der Waals surface area contributed by atoms with E-state index in [1.807, 2.05) is 17.0 Å². The summed E-state index contributed by atoms with van der Waals surface area (Å²) >= 11 is 0. The first kappa shape index (κ1) is 18.4. The van der Waals surface area contributed by atoms with Gasteiger partial charge in [0.15, 0.2) is 0 Å². The van der Waals surface area contributed by atoms with Gasteiger partial charge in [-0.25, -0.2) is 4.39 Å². The van der Waals surface area contributed by atoms with Crippen LogP contribution in [0.3, 0.4) is 0 Å². The van der Waals surface area contributed by atoms with E-state index in [0.717, 1.165) is 32.4 Å². The van der Waals surface area contributed by atoms with Crippen molar-refractivity contribution in [1.82, 2.24) is 9.88 Å². The van der Waals surface area contributed by atoms with Crippen LogP contribution in [0.5, 0.6) is 0 Å². The van der Waals surface area contributed by atoms with Crippen LogP contribution in [0.4, 0.5) is 4.39 Å². The minimum Gasteiger partial charge on any atom is -0.339 e. The van der Waals surface area contributed by atoms with E-state index in [9.17, 15) is 9.18 Å². The summed E-state index contributed by atoms with van der Waals surface area (Å²) in [6.07, 6.45) is 4.68. The highest BCUT2D eigenvalue weighted by Crippen LogP contribution is 2.28. The zero-order chi connectivity index (χ0) is 19.3. The molecule has 0 radical (unpaired) electrons. The SMILES string of the molecule is O=C(c1ccc(-c2cccc(F)c2)nc1)N1CCC[C@H](c2ccccc2)CC1. The van der Waals surface area contributed by atoms with Gasteiger partial charge in [-0.15, -0.1) is 0 Å². The van der Waals surface area contributed by atoms with Crippen molar-refractivity contribution in [3.8, 4) is 11.3 Å². The Kier molecular flexibility index (Phi) is 5.47. The van der Waals surface area contributed by atoms with Crippen LogP contribution in [0, 0.1) is 5.82 Å². The molecule has 1 amide bonds. The lowest BCUT2D eigenvalue weighted by Gasteiger charge is -2.21. The molecule has 1 saturated heterocycles. The van der Waals surface area contributed by atoms with Gasteiger partial charge in [0.25, 0.3) is 5.91 Å². The minimum absolute atomic E-state index is 0.0204. The average Bonchev–Trinajstić information content (AvgIpc) is 3.00. The van der Waals surface area contributed by atoms with E-state index in [2.05, 4.69) is 29.2 Å². The maximum absolute atomic E-state index is 13.4. The number of carbonyl (C=O) groups excluding carboxylic acids is 1. The van der Waals surface area contributed by atoms with Crippen molar-refractivity contribution in [2.45, 2.75) is 25.2 Å². The predicted octanol–water partition coefficient (Wildman–Crippen LogP) is 5.30. The van der Waals surface area contributed by atoms with E-state index < -0.39 is 0 Å². The molecule has 4 heteroatoms. The molecule has 1 aliphatic heterocycles. The Labute approximate surface area is 164 Å². The molecular weight excluding hydrogens is 351 g/mol. The molecule has 1 fully saturated rings. The maximum Gasteiger partial charge on any atom is 0.255 e. The first-order chi connectivity index (χ1) is 13.7. The van der Waals surface area contributed by atoms with Crippen molar-refractivity contribution >= 4 is 5.91 Å². The van der Waals surface area contributed by atoms with Gasteiger partial charge in [0, 0.05) is 24.8 Å². The van der Waals surface area contributed by atoms with Crippen LogP contribution in [0.2, 0.25) is 0 Å². The number of likely N-dealkylation sites (tertiary alicyclic amines) is 1. The summed E-state index contributed by atoms with van der Waals surface area (Å²) in [6.45, 7) is 1.53. The van der Waals surface area contributed by atoms with E-state index in [1.54, 1.807) is 24.4 Å². The first-order valence-electron chi connectivity index (χ1n) is 9.77. The highest BCUT2D eigenvalue weighted by Gasteiger charge is 2.22. The van der Waals surface area contributed by atoms with E-state index in [1.165, 1.54) is 17.7 Å². The van der Waals surface area contributed by atoms with Crippen LogP contribution in [-0.2, 0) is 0 Å². The number of halogens is 1. The number of nitrogens with zero attached hydrogens (tertiary/aromatic N) is 2. The summed E-state index contributed by atoms with van der Waals surface area (Å²) in [7, 11) is 0. The van der Waals surface area contributed by atoms with Crippen LogP contribution in [0.15, 0.2) is 72.9 Å². The van der Waals surface area contributed by atoms with Gasteiger partial charge >= 0.3 is 0 Å². The number of amides is 1. The standard InChI is InChI=1S/C24H23FN2O/c25-22-10-4-8-20(16-22)23-12-11-21(17-26-23)24(28)27-14-5-9-19(13-15-27)18-6-2-1-3-7-18/h1-4,6-8,10-12,16-17,19H,5,9,13-15H2/t19-/m0/s1. The fourth-order valence-electron chi connectivity index (χ4n) is 3.88. The van der Waals surface area contributed by atoms with E-state index in [4.69, 9.17) is 0 Å². The second-order valence-corrected chi connectivity index (χ2v) is 7.27. The van der Waals surface area contributed by atoms with Crippen LogP contribution < -0.4 is 0 Å². The second kappa shape index (κ2) is 8.34. The number of rotatable bonds is 3. The molecule has 3 aromatic rings. The lowest BCUT2D eigenvalue weighted by Crippen LogP contribution is -2.32. The third-order valence-electron chi connectivity index (χ3n) is 5.42. The molecule has 3 nitrogen and oxygen atoms in total. The van der Waals surface area contributed by atoms with Gasteiger partial charge in [-0.1, -0.05) is 42.5 Å². The second-order valence-electron chi connectivity index (χ2n) is 7.27. The zero-order valence-corrected chi connectivity index (χ0v) is 15.7. The topological polar surface area (TPSA) is 33.2 Å².